The Hall–Kier alpha value is -2.31. The average molecular weight is 390 g/mol. The highest BCUT2D eigenvalue weighted by Crippen LogP contribution is 2.18. The number of rotatable bonds is 6. The van der Waals surface area contributed by atoms with E-state index in [9.17, 15) is 8.42 Å². The summed E-state index contributed by atoms with van der Waals surface area (Å²) in [7, 11) is -3.66. The number of anilines is 1. The molecule has 3 aromatic rings. The van der Waals surface area contributed by atoms with E-state index in [0.717, 1.165) is 23.2 Å². The third-order valence-corrected chi connectivity index (χ3v) is 5.73. The predicted octanol–water partition coefficient (Wildman–Crippen LogP) is 4.26. The van der Waals surface area contributed by atoms with Crippen LogP contribution >= 0.6 is 11.6 Å². The minimum Gasteiger partial charge on any atom is -0.263 e. The molecule has 1 heterocycles. The van der Waals surface area contributed by atoms with E-state index in [1.165, 1.54) is 0 Å². The fourth-order valence-corrected chi connectivity index (χ4v) is 3.70. The Morgan fingerprint density at radius 1 is 1.04 bits per heavy atom. The molecule has 0 radical (unpaired) electrons. The predicted molar refractivity (Wildman–Crippen MR) is 104 cm³/mol. The quantitative estimate of drug-likeness (QED) is 0.685. The highest BCUT2D eigenvalue weighted by Gasteiger charge is 2.16. The Morgan fingerprint density at radius 2 is 1.65 bits per heavy atom. The molecule has 0 unspecified atom stereocenters. The molecule has 7 heteroatoms. The zero-order valence-electron chi connectivity index (χ0n) is 14.6. The molecule has 0 spiro atoms. The van der Waals surface area contributed by atoms with Crippen LogP contribution in [0.3, 0.4) is 0 Å². The number of nitrogens with zero attached hydrogens (tertiary/aromatic N) is 2. The first-order valence-corrected chi connectivity index (χ1v) is 10.1. The molecule has 1 aromatic heterocycles. The molecule has 0 saturated heterocycles. The maximum Gasteiger partial charge on any atom is 0.263 e. The maximum atomic E-state index is 12.5. The van der Waals surface area contributed by atoms with Crippen molar-refractivity contribution in [1.29, 1.82) is 0 Å². The van der Waals surface area contributed by atoms with Crippen LogP contribution in [0.25, 0.3) is 0 Å². The zero-order chi connectivity index (χ0) is 18.7. The van der Waals surface area contributed by atoms with Gasteiger partial charge in [0.2, 0.25) is 0 Å². The maximum absolute atomic E-state index is 12.5. The van der Waals surface area contributed by atoms with E-state index in [2.05, 4.69) is 9.82 Å². The van der Waals surface area contributed by atoms with Gasteiger partial charge < -0.3 is 0 Å². The Kier molecular flexibility index (Phi) is 5.34. The van der Waals surface area contributed by atoms with Gasteiger partial charge in [-0.05, 0) is 48.7 Å². The van der Waals surface area contributed by atoms with Crippen LogP contribution in [0.1, 0.15) is 23.7 Å². The van der Waals surface area contributed by atoms with Crippen molar-refractivity contribution in [2.24, 2.45) is 0 Å². The van der Waals surface area contributed by atoms with Gasteiger partial charge >= 0.3 is 0 Å². The minimum absolute atomic E-state index is 0.222. The summed E-state index contributed by atoms with van der Waals surface area (Å²) >= 11 is 5.90. The van der Waals surface area contributed by atoms with Gasteiger partial charge in [-0.25, -0.2) is 8.42 Å². The summed E-state index contributed by atoms with van der Waals surface area (Å²) in [6, 6.07) is 16.0. The summed E-state index contributed by atoms with van der Waals surface area (Å²) in [6.45, 7) is 4.45. The highest BCUT2D eigenvalue weighted by atomic mass is 35.5. The number of halogens is 1. The van der Waals surface area contributed by atoms with Crippen LogP contribution in [0, 0.1) is 6.92 Å². The largest absolute Gasteiger partial charge is 0.263 e. The van der Waals surface area contributed by atoms with Crippen molar-refractivity contribution in [3.05, 3.63) is 76.4 Å². The summed E-state index contributed by atoms with van der Waals surface area (Å²) in [5.41, 5.74) is 2.98. The van der Waals surface area contributed by atoms with Gasteiger partial charge in [0.25, 0.3) is 10.0 Å². The van der Waals surface area contributed by atoms with Crippen molar-refractivity contribution >= 4 is 27.4 Å². The second-order valence-electron chi connectivity index (χ2n) is 6.06. The van der Waals surface area contributed by atoms with E-state index in [1.54, 1.807) is 22.9 Å². The molecule has 0 amide bonds. The van der Waals surface area contributed by atoms with Gasteiger partial charge in [-0.15, -0.1) is 0 Å². The molecule has 0 atom stereocenters. The van der Waals surface area contributed by atoms with Gasteiger partial charge in [0.05, 0.1) is 11.4 Å². The number of aryl methyl sites for hydroxylation is 2. The van der Waals surface area contributed by atoms with Gasteiger partial charge in [-0.2, -0.15) is 5.10 Å². The molecule has 1 N–H and O–H groups in total. The second kappa shape index (κ2) is 7.51. The molecule has 136 valence electrons. The number of nitrogens with one attached hydrogen (secondary N) is 1. The van der Waals surface area contributed by atoms with E-state index in [0.29, 0.717) is 17.4 Å². The number of sulfonamides is 1. The van der Waals surface area contributed by atoms with Gasteiger partial charge in [0.15, 0.2) is 5.82 Å². The minimum atomic E-state index is -3.66. The summed E-state index contributed by atoms with van der Waals surface area (Å²) in [4.78, 5) is 0.222. The molecule has 0 fully saturated rings. The molecule has 0 aliphatic carbocycles. The second-order valence-corrected chi connectivity index (χ2v) is 8.18. The van der Waals surface area contributed by atoms with Crippen LogP contribution in [0.5, 0.6) is 0 Å². The standard InChI is InChI=1S/C19H20ClN3O2S/c1-3-15-6-10-18(11-7-15)26(24,25)22-19-12-14(2)23(21-19)13-16-4-8-17(20)9-5-16/h4-12H,3,13H2,1-2H3,(H,21,22). The van der Waals surface area contributed by atoms with E-state index in [-0.39, 0.29) is 4.90 Å². The smallest absolute Gasteiger partial charge is 0.263 e. The van der Waals surface area contributed by atoms with Crippen LogP contribution < -0.4 is 4.72 Å². The fraction of sp³-hybridized carbons (Fsp3) is 0.211. The molecule has 0 aliphatic heterocycles. The zero-order valence-corrected chi connectivity index (χ0v) is 16.2. The molecule has 0 aliphatic rings. The molecule has 26 heavy (non-hydrogen) atoms. The first-order valence-electron chi connectivity index (χ1n) is 8.28. The summed E-state index contributed by atoms with van der Waals surface area (Å²) in [6.07, 6.45) is 0.863. The van der Waals surface area contributed by atoms with Gasteiger partial charge in [-0.1, -0.05) is 42.8 Å². The Balaban J connectivity index is 1.78. The number of hydrogen-bond acceptors (Lipinski definition) is 3. The van der Waals surface area contributed by atoms with Crippen molar-refractivity contribution in [1.82, 2.24) is 9.78 Å². The van der Waals surface area contributed by atoms with Crippen LogP contribution in [-0.2, 0) is 23.0 Å². The van der Waals surface area contributed by atoms with Gasteiger partial charge in [-0.3, -0.25) is 9.40 Å². The molecule has 0 saturated carbocycles. The highest BCUT2D eigenvalue weighted by molar-refractivity contribution is 7.92. The average Bonchev–Trinajstić information content (AvgIpc) is 2.95. The topological polar surface area (TPSA) is 64.0 Å². The van der Waals surface area contributed by atoms with Gasteiger partial charge in [0, 0.05) is 16.8 Å². The Morgan fingerprint density at radius 3 is 2.27 bits per heavy atom. The summed E-state index contributed by atoms with van der Waals surface area (Å²) in [5, 5.41) is 5.04. The SMILES string of the molecule is CCc1ccc(S(=O)(=O)Nc2cc(C)n(Cc3ccc(Cl)cc3)n2)cc1. The number of benzene rings is 2. The lowest BCUT2D eigenvalue weighted by Gasteiger charge is -2.07. The van der Waals surface area contributed by atoms with Crippen molar-refractivity contribution in [2.45, 2.75) is 31.7 Å². The van der Waals surface area contributed by atoms with E-state index in [4.69, 9.17) is 11.6 Å². The van der Waals surface area contributed by atoms with E-state index >= 15 is 0 Å². The molecule has 2 aromatic carbocycles. The molecule has 5 nitrogen and oxygen atoms in total. The fourth-order valence-electron chi connectivity index (χ4n) is 2.58. The lowest BCUT2D eigenvalue weighted by atomic mass is 10.2. The lowest BCUT2D eigenvalue weighted by Crippen LogP contribution is -2.14. The number of hydrogen-bond donors (Lipinski definition) is 1. The van der Waals surface area contributed by atoms with Crippen LogP contribution in [0.2, 0.25) is 5.02 Å². The third kappa shape index (κ3) is 4.26. The van der Waals surface area contributed by atoms with Crippen molar-refractivity contribution in [3.8, 4) is 0 Å². The van der Waals surface area contributed by atoms with Crippen molar-refractivity contribution in [3.63, 3.8) is 0 Å². The third-order valence-electron chi connectivity index (χ3n) is 4.11. The van der Waals surface area contributed by atoms with Gasteiger partial charge in [0.1, 0.15) is 0 Å². The molecular weight excluding hydrogens is 370 g/mol. The Labute approximate surface area is 158 Å². The van der Waals surface area contributed by atoms with Crippen molar-refractivity contribution < 1.29 is 8.42 Å². The summed E-state index contributed by atoms with van der Waals surface area (Å²) in [5.74, 6) is 0.302. The number of aromatic nitrogens is 2. The van der Waals surface area contributed by atoms with Crippen LogP contribution in [0.15, 0.2) is 59.5 Å². The summed E-state index contributed by atoms with van der Waals surface area (Å²) < 4.78 is 29.4. The lowest BCUT2D eigenvalue weighted by molar-refractivity contribution is 0.600. The van der Waals surface area contributed by atoms with Crippen LogP contribution in [0.4, 0.5) is 5.82 Å². The molecule has 0 bridgehead atoms. The first-order chi connectivity index (χ1) is 12.4. The van der Waals surface area contributed by atoms with E-state index in [1.807, 2.05) is 50.2 Å². The normalized spacial score (nSPS) is 11.5. The monoisotopic (exact) mass is 389 g/mol. The first kappa shape index (κ1) is 18.5. The van der Waals surface area contributed by atoms with Crippen LogP contribution in [-0.4, -0.2) is 18.2 Å². The van der Waals surface area contributed by atoms with Crippen molar-refractivity contribution in [2.75, 3.05) is 4.72 Å². The van der Waals surface area contributed by atoms with E-state index < -0.39 is 10.0 Å². The molecule has 3 rings (SSSR count). The molecular formula is C19H20ClN3O2S. The Bertz CT molecular complexity index is 994.